The molecular weight excluding hydrogens is 88.1 g/mol. The van der Waals surface area contributed by atoms with E-state index in [2.05, 4.69) is 12.4 Å². The first-order valence-electron chi connectivity index (χ1n) is 2.66. The molecule has 1 radical (unpaired) electrons. The summed E-state index contributed by atoms with van der Waals surface area (Å²) >= 11 is 0. The average Bonchev–Trinajstić information content (AvgIpc) is 1.69. The van der Waals surface area contributed by atoms with E-state index in [1.54, 1.807) is 0 Å². The lowest BCUT2D eigenvalue weighted by molar-refractivity contribution is 0.288. The Labute approximate surface area is 44.5 Å². The Hall–Kier alpha value is -0.0800. The molecule has 0 unspecified atom stereocenters. The van der Waals surface area contributed by atoms with Crippen molar-refractivity contribution in [3.63, 3.8) is 0 Å². The summed E-state index contributed by atoms with van der Waals surface area (Å²) in [6.45, 7) is 3.26. The standard InChI is InChI=1S/C5H11N2/c1-7-4-2-3-6-5-7/h6H,1-5H2. The van der Waals surface area contributed by atoms with Gasteiger partial charge < -0.3 is 5.32 Å². The van der Waals surface area contributed by atoms with Gasteiger partial charge in [-0.1, -0.05) is 0 Å². The van der Waals surface area contributed by atoms with E-state index in [1.165, 1.54) is 6.42 Å². The minimum absolute atomic E-state index is 0.958. The van der Waals surface area contributed by atoms with Crippen molar-refractivity contribution in [2.75, 3.05) is 19.8 Å². The van der Waals surface area contributed by atoms with Crippen LogP contribution in [-0.4, -0.2) is 24.7 Å². The fourth-order valence-electron chi connectivity index (χ4n) is 0.744. The van der Waals surface area contributed by atoms with Crippen LogP contribution < -0.4 is 5.32 Å². The largest absolute Gasteiger partial charge is 0.304 e. The van der Waals surface area contributed by atoms with Crippen molar-refractivity contribution in [3.8, 4) is 0 Å². The van der Waals surface area contributed by atoms with Gasteiger partial charge in [-0.15, -0.1) is 0 Å². The van der Waals surface area contributed by atoms with E-state index < -0.39 is 0 Å². The predicted molar refractivity (Wildman–Crippen MR) is 29.5 cm³/mol. The fraction of sp³-hybridized carbons (Fsp3) is 0.800. The second-order valence-corrected chi connectivity index (χ2v) is 1.91. The van der Waals surface area contributed by atoms with Crippen LogP contribution in [0.25, 0.3) is 0 Å². The van der Waals surface area contributed by atoms with E-state index in [0.717, 1.165) is 19.8 Å². The molecule has 2 nitrogen and oxygen atoms in total. The highest BCUT2D eigenvalue weighted by Gasteiger charge is 2.01. The summed E-state index contributed by atoms with van der Waals surface area (Å²) in [4.78, 5) is 2.03. The van der Waals surface area contributed by atoms with Crippen LogP contribution in [0.15, 0.2) is 0 Å². The molecule has 7 heavy (non-hydrogen) atoms. The summed E-state index contributed by atoms with van der Waals surface area (Å²) in [7, 11) is 3.77. The lowest BCUT2D eigenvalue weighted by atomic mass is 10.3. The summed E-state index contributed by atoms with van der Waals surface area (Å²) in [5.41, 5.74) is 0. The summed E-state index contributed by atoms with van der Waals surface area (Å²) in [5, 5.41) is 3.20. The van der Waals surface area contributed by atoms with E-state index in [-0.39, 0.29) is 0 Å². The zero-order valence-corrected chi connectivity index (χ0v) is 4.48. The molecular formula is C5H11N2. The maximum atomic E-state index is 3.77. The van der Waals surface area contributed by atoms with E-state index in [4.69, 9.17) is 0 Å². The van der Waals surface area contributed by atoms with E-state index in [9.17, 15) is 0 Å². The van der Waals surface area contributed by atoms with Gasteiger partial charge in [0.1, 0.15) is 0 Å². The molecule has 0 saturated carbocycles. The molecule has 0 aromatic heterocycles. The van der Waals surface area contributed by atoms with Crippen molar-refractivity contribution in [1.82, 2.24) is 10.2 Å². The molecule has 0 aromatic rings. The van der Waals surface area contributed by atoms with E-state index in [0.29, 0.717) is 0 Å². The maximum absolute atomic E-state index is 3.77. The highest BCUT2D eigenvalue weighted by molar-refractivity contribution is 4.60. The molecule has 1 saturated heterocycles. The highest BCUT2D eigenvalue weighted by atomic mass is 15.2. The Kier molecular flexibility index (Phi) is 1.65. The van der Waals surface area contributed by atoms with Gasteiger partial charge in [0.2, 0.25) is 0 Å². The number of rotatable bonds is 0. The Morgan fingerprint density at radius 1 is 1.57 bits per heavy atom. The summed E-state index contributed by atoms with van der Waals surface area (Å²) < 4.78 is 0. The van der Waals surface area contributed by atoms with Gasteiger partial charge in [0, 0.05) is 20.3 Å². The van der Waals surface area contributed by atoms with Gasteiger partial charge in [0.25, 0.3) is 0 Å². The second-order valence-electron chi connectivity index (χ2n) is 1.91. The molecule has 1 fully saturated rings. The number of hydrogen-bond acceptors (Lipinski definition) is 2. The maximum Gasteiger partial charge on any atom is 0.0481 e. The van der Waals surface area contributed by atoms with Crippen LogP contribution in [0.2, 0.25) is 0 Å². The van der Waals surface area contributed by atoms with Crippen LogP contribution in [0.1, 0.15) is 6.42 Å². The Bertz CT molecular complexity index is 48.0. The average molecular weight is 99.2 g/mol. The third kappa shape index (κ3) is 1.45. The van der Waals surface area contributed by atoms with Gasteiger partial charge in [-0.3, -0.25) is 4.90 Å². The summed E-state index contributed by atoms with van der Waals surface area (Å²) in [5.74, 6) is 0. The molecule has 1 heterocycles. The zero-order valence-electron chi connectivity index (χ0n) is 4.48. The second kappa shape index (κ2) is 2.28. The van der Waals surface area contributed by atoms with Crippen molar-refractivity contribution in [1.29, 1.82) is 0 Å². The molecule has 0 atom stereocenters. The Morgan fingerprint density at radius 2 is 2.43 bits per heavy atom. The van der Waals surface area contributed by atoms with Crippen LogP contribution in [0.3, 0.4) is 0 Å². The molecule has 1 aliphatic heterocycles. The molecule has 0 spiro atoms. The summed E-state index contributed by atoms with van der Waals surface area (Å²) in [6, 6.07) is 0. The van der Waals surface area contributed by atoms with Crippen molar-refractivity contribution in [3.05, 3.63) is 7.05 Å². The van der Waals surface area contributed by atoms with Gasteiger partial charge in [-0.05, 0) is 13.0 Å². The SMILES string of the molecule is [CH2]N1CCCNC1. The topological polar surface area (TPSA) is 15.3 Å². The first kappa shape index (κ1) is 5.06. The quantitative estimate of drug-likeness (QED) is 0.461. The van der Waals surface area contributed by atoms with Gasteiger partial charge >= 0.3 is 0 Å². The zero-order chi connectivity index (χ0) is 5.11. The molecule has 41 valence electrons. The molecule has 1 rings (SSSR count). The first-order valence-corrected chi connectivity index (χ1v) is 2.66. The van der Waals surface area contributed by atoms with Crippen LogP contribution in [-0.2, 0) is 0 Å². The molecule has 0 amide bonds. The molecule has 1 aliphatic rings. The first-order chi connectivity index (χ1) is 3.39. The van der Waals surface area contributed by atoms with Gasteiger partial charge in [0.15, 0.2) is 0 Å². The monoisotopic (exact) mass is 99.1 g/mol. The third-order valence-electron chi connectivity index (χ3n) is 1.16. The summed E-state index contributed by atoms with van der Waals surface area (Å²) in [6.07, 6.45) is 1.24. The predicted octanol–water partition coefficient (Wildman–Crippen LogP) is 0.0308. The van der Waals surface area contributed by atoms with Crippen molar-refractivity contribution in [2.45, 2.75) is 6.42 Å². The molecule has 2 heteroatoms. The molecule has 0 bridgehead atoms. The normalized spacial score (nSPS) is 25.3. The molecule has 1 N–H and O–H groups in total. The Balaban J connectivity index is 2.12. The highest BCUT2D eigenvalue weighted by Crippen LogP contribution is 1.90. The fourth-order valence-corrected chi connectivity index (χ4v) is 0.744. The van der Waals surface area contributed by atoms with E-state index >= 15 is 0 Å². The van der Waals surface area contributed by atoms with Gasteiger partial charge in [-0.25, -0.2) is 0 Å². The Morgan fingerprint density at radius 3 is 2.71 bits per heavy atom. The molecule has 0 aromatic carbocycles. The lowest BCUT2D eigenvalue weighted by Gasteiger charge is -2.21. The lowest BCUT2D eigenvalue weighted by Crippen LogP contribution is -2.37. The van der Waals surface area contributed by atoms with Crippen molar-refractivity contribution < 1.29 is 0 Å². The van der Waals surface area contributed by atoms with Crippen LogP contribution in [0.4, 0.5) is 0 Å². The third-order valence-corrected chi connectivity index (χ3v) is 1.16. The van der Waals surface area contributed by atoms with Crippen LogP contribution >= 0.6 is 0 Å². The smallest absolute Gasteiger partial charge is 0.0481 e. The minimum atomic E-state index is 0.958. The van der Waals surface area contributed by atoms with Crippen LogP contribution in [0.5, 0.6) is 0 Å². The number of nitrogens with zero attached hydrogens (tertiary/aromatic N) is 1. The van der Waals surface area contributed by atoms with Crippen molar-refractivity contribution >= 4 is 0 Å². The number of hydrogen-bond donors (Lipinski definition) is 1. The number of nitrogens with one attached hydrogen (secondary N) is 1. The van der Waals surface area contributed by atoms with Gasteiger partial charge in [0.05, 0.1) is 0 Å². The van der Waals surface area contributed by atoms with Gasteiger partial charge in [-0.2, -0.15) is 0 Å². The van der Waals surface area contributed by atoms with E-state index in [1.807, 2.05) is 4.90 Å². The molecule has 0 aliphatic carbocycles. The van der Waals surface area contributed by atoms with Crippen LogP contribution in [0, 0.1) is 7.05 Å². The minimum Gasteiger partial charge on any atom is -0.304 e. The van der Waals surface area contributed by atoms with Crippen molar-refractivity contribution in [2.24, 2.45) is 0 Å².